The molecule has 0 nitrogen and oxygen atoms in total. The van der Waals surface area contributed by atoms with Crippen LogP contribution in [0.25, 0.3) is 0 Å². The number of thioether (sulfide) groups is 1. The second-order valence-electron chi connectivity index (χ2n) is 1.97. The lowest BCUT2D eigenvalue weighted by Gasteiger charge is -1.94. The topological polar surface area (TPSA) is 0 Å². The van der Waals surface area contributed by atoms with E-state index >= 15 is 0 Å². The molecule has 0 radical (unpaired) electrons. The summed E-state index contributed by atoms with van der Waals surface area (Å²) in [4.78, 5) is 0. The van der Waals surface area contributed by atoms with Crippen LogP contribution in [0.4, 0.5) is 0 Å². The van der Waals surface area contributed by atoms with Crippen LogP contribution in [0.15, 0.2) is 0 Å². The predicted molar refractivity (Wildman–Crippen MR) is 42.5 cm³/mol. The third-order valence-electron chi connectivity index (χ3n) is 0.991. The molecule has 0 aromatic carbocycles. The van der Waals surface area contributed by atoms with E-state index < -0.39 is 0 Å². The molecule has 50 valence electrons. The van der Waals surface area contributed by atoms with Gasteiger partial charge < -0.3 is 0 Å². The van der Waals surface area contributed by atoms with Crippen molar-refractivity contribution < 1.29 is 0 Å². The van der Waals surface area contributed by atoms with E-state index in [1.165, 1.54) is 30.8 Å². The smallest absolute Gasteiger partial charge is 0.00676 e. The Kier molecular flexibility index (Phi) is 7.67. The minimum atomic E-state index is 1.33. The second-order valence-corrected chi connectivity index (χ2v) is 3.19. The summed E-state index contributed by atoms with van der Waals surface area (Å²) in [6, 6.07) is 0. The fourth-order valence-electron chi connectivity index (χ4n) is 0.493. The highest BCUT2D eigenvalue weighted by Gasteiger charge is 1.83. The first-order chi connectivity index (χ1) is 3.91. The number of rotatable bonds is 5. The van der Waals surface area contributed by atoms with Gasteiger partial charge in [-0.2, -0.15) is 11.8 Å². The average Bonchev–Trinajstić information content (AvgIpc) is 1.81. The molecule has 0 N–H and O–H groups in total. The van der Waals surface area contributed by atoms with Gasteiger partial charge in [-0.05, 0) is 24.3 Å². The third-order valence-corrected chi connectivity index (χ3v) is 2.26. The SMILES string of the molecule is CCCCSCCC. The van der Waals surface area contributed by atoms with E-state index in [2.05, 4.69) is 25.6 Å². The molecule has 0 aliphatic rings. The van der Waals surface area contributed by atoms with Crippen LogP contribution in [0.3, 0.4) is 0 Å². The highest BCUT2D eigenvalue weighted by Crippen LogP contribution is 2.04. The monoisotopic (exact) mass is 132 g/mol. The van der Waals surface area contributed by atoms with Crippen LogP contribution >= 0.6 is 11.8 Å². The Morgan fingerprint density at radius 2 is 1.75 bits per heavy atom. The van der Waals surface area contributed by atoms with Gasteiger partial charge in [-0.15, -0.1) is 0 Å². The van der Waals surface area contributed by atoms with Crippen LogP contribution in [-0.2, 0) is 0 Å². The van der Waals surface area contributed by atoms with Gasteiger partial charge in [0.25, 0.3) is 0 Å². The number of unbranched alkanes of at least 4 members (excludes halogenated alkanes) is 1. The Labute approximate surface area is 57.1 Å². The molecule has 8 heavy (non-hydrogen) atoms. The summed E-state index contributed by atoms with van der Waals surface area (Å²) >= 11 is 2.08. The molecular weight excluding hydrogens is 116 g/mol. The maximum Gasteiger partial charge on any atom is -0.00676 e. The van der Waals surface area contributed by atoms with Gasteiger partial charge in [-0.3, -0.25) is 0 Å². The Bertz CT molecular complexity index is 29.4. The Hall–Kier alpha value is 0.350. The van der Waals surface area contributed by atoms with E-state index in [4.69, 9.17) is 0 Å². The van der Waals surface area contributed by atoms with E-state index in [9.17, 15) is 0 Å². The summed E-state index contributed by atoms with van der Waals surface area (Å²) in [6.07, 6.45) is 4.07. The lowest BCUT2D eigenvalue weighted by Crippen LogP contribution is -1.79. The van der Waals surface area contributed by atoms with Crippen molar-refractivity contribution in [3.8, 4) is 0 Å². The minimum Gasteiger partial charge on any atom is -0.162 e. The van der Waals surface area contributed by atoms with Gasteiger partial charge in [0.05, 0.1) is 0 Å². The summed E-state index contributed by atoms with van der Waals surface area (Å²) in [6.45, 7) is 4.48. The van der Waals surface area contributed by atoms with Crippen LogP contribution in [0.5, 0.6) is 0 Å². The van der Waals surface area contributed by atoms with Gasteiger partial charge in [0.1, 0.15) is 0 Å². The van der Waals surface area contributed by atoms with E-state index in [0.29, 0.717) is 0 Å². The second kappa shape index (κ2) is 7.35. The van der Waals surface area contributed by atoms with Gasteiger partial charge in [0.15, 0.2) is 0 Å². The molecule has 0 rings (SSSR count). The zero-order valence-electron chi connectivity index (χ0n) is 5.94. The molecular formula is C7H16S. The van der Waals surface area contributed by atoms with E-state index in [1.807, 2.05) is 0 Å². The number of hydrogen-bond acceptors (Lipinski definition) is 1. The molecule has 0 unspecified atom stereocenters. The molecule has 0 heterocycles. The summed E-state index contributed by atoms with van der Waals surface area (Å²) in [5.74, 6) is 2.71. The van der Waals surface area contributed by atoms with Crippen molar-refractivity contribution in [2.45, 2.75) is 33.1 Å². The zero-order valence-corrected chi connectivity index (χ0v) is 6.76. The normalized spacial score (nSPS) is 9.75. The van der Waals surface area contributed by atoms with Gasteiger partial charge in [-0.25, -0.2) is 0 Å². The van der Waals surface area contributed by atoms with Crippen molar-refractivity contribution >= 4 is 11.8 Å². The lowest BCUT2D eigenvalue weighted by atomic mass is 10.4. The molecule has 0 saturated heterocycles. The van der Waals surface area contributed by atoms with Gasteiger partial charge >= 0.3 is 0 Å². The van der Waals surface area contributed by atoms with Crippen molar-refractivity contribution in [3.63, 3.8) is 0 Å². The van der Waals surface area contributed by atoms with Crippen molar-refractivity contribution in [1.29, 1.82) is 0 Å². The molecule has 0 atom stereocenters. The van der Waals surface area contributed by atoms with Crippen molar-refractivity contribution in [1.82, 2.24) is 0 Å². The Balaban J connectivity index is 2.53. The maximum atomic E-state index is 2.24. The molecule has 0 saturated carbocycles. The summed E-state index contributed by atoms with van der Waals surface area (Å²) in [5.41, 5.74) is 0. The summed E-state index contributed by atoms with van der Waals surface area (Å²) < 4.78 is 0. The highest BCUT2D eigenvalue weighted by molar-refractivity contribution is 7.99. The molecule has 0 spiro atoms. The molecule has 0 aromatic heterocycles. The van der Waals surface area contributed by atoms with Crippen LogP contribution in [0, 0.1) is 0 Å². The van der Waals surface area contributed by atoms with Gasteiger partial charge in [-0.1, -0.05) is 20.3 Å². The third kappa shape index (κ3) is 6.35. The Morgan fingerprint density at radius 3 is 2.25 bits per heavy atom. The van der Waals surface area contributed by atoms with Crippen molar-refractivity contribution in [2.24, 2.45) is 0 Å². The largest absolute Gasteiger partial charge is 0.162 e. The van der Waals surface area contributed by atoms with Crippen LogP contribution < -0.4 is 0 Å². The first-order valence-electron chi connectivity index (χ1n) is 3.49. The maximum absolute atomic E-state index is 2.24. The van der Waals surface area contributed by atoms with Crippen LogP contribution in [0.1, 0.15) is 33.1 Å². The summed E-state index contributed by atoms with van der Waals surface area (Å²) in [5, 5.41) is 0. The van der Waals surface area contributed by atoms with Crippen molar-refractivity contribution in [2.75, 3.05) is 11.5 Å². The van der Waals surface area contributed by atoms with E-state index in [-0.39, 0.29) is 0 Å². The minimum absolute atomic E-state index is 1.33. The molecule has 0 fully saturated rings. The summed E-state index contributed by atoms with van der Waals surface area (Å²) in [7, 11) is 0. The Morgan fingerprint density at radius 1 is 1.00 bits per heavy atom. The first kappa shape index (κ1) is 8.35. The fraction of sp³-hybridized carbons (Fsp3) is 1.00. The standard InChI is InChI=1S/C7H16S/c1-3-5-7-8-6-4-2/h3-7H2,1-2H3. The molecule has 0 bridgehead atoms. The van der Waals surface area contributed by atoms with Gasteiger partial charge in [0.2, 0.25) is 0 Å². The fourth-order valence-corrected chi connectivity index (χ4v) is 1.48. The van der Waals surface area contributed by atoms with Crippen molar-refractivity contribution in [3.05, 3.63) is 0 Å². The quantitative estimate of drug-likeness (QED) is 0.518. The van der Waals surface area contributed by atoms with Gasteiger partial charge in [0, 0.05) is 0 Å². The lowest BCUT2D eigenvalue weighted by molar-refractivity contribution is 0.895. The molecule has 1 heteroatoms. The average molecular weight is 132 g/mol. The zero-order chi connectivity index (χ0) is 6.24. The molecule has 0 aliphatic heterocycles. The molecule has 0 amide bonds. The number of hydrogen-bond donors (Lipinski definition) is 0. The first-order valence-corrected chi connectivity index (χ1v) is 4.65. The predicted octanol–water partition coefficient (Wildman–Crippen LogP) is 2.93. The van der Waals surface area contributed by atoms with E-state index in [0.717, 1.165) is 0 Å². The van der Waals surface area contributed by atoms with Crippen LogP contribution in [-0.4, -0.2) is 11.5 Å². The molecule has 0 aliphatic carbocycles. The van der Waals surface area contributed by atoms with Crippen LogP contribution in [0.2, 0.25) is 0 Å². The van der Waals surface area contributed by atoms with E-state index in [1.54, 1.807) is 0 Å². The highest BCUT2D eigenvalue weighted by atomic mass is 32.2. The molecule has 0 aromatic rings.